The van der Waals surface area contributed by atoms with Gasteiger partial charge in [0, 0.05) is 13.1 Å². The molecule has 0 aliphatic rings. The fourth-order valence-corrected chi connectivity index (χ4v) is 3.47. The SMILES string of the molecule is COc1cc(CNCc2ccc(C(=O)O)cc2)cc(Br)c1OCc1ccccc1.Cl. The summed E-state index contributed by atoms with van der Waals surface area (Å²) < 4.78 is 12.3. The first-order chi connectivity index (χ1) is 14.1. The van der Waals surface area contributed by atoms with Crippen LogP contribution < -0.4 is 14.8 Å². The van der Waals surface area contributed by atoms with Crippen molar-refractivity contribution in [2.45, 2.75) is 19.7 Å². The van der Waals surface area contributed by atoms with Gasteiger partial charge in [-0.3, -0.25) is 0 Å². The van der Waals surface area contributed by atoms with Crippen molar-refractivity contribution < 1.29 is 19.4 Å². The van der Waals surface area contributed by atoms with Gasteiger partial charge in [-0.15, -0.1) is 12.4 Å². The predicted octanol–water partition coefficient (Wildman–Crippen LogP) is 5.45. The molecule has 0 aromatic heterocycles. The van der Waals surface area contributed by atoms with E-state index in [1.54, 1.807) is 19.2 Å². The molecule has 0 amide bonds. The molecule has 0 unspecified atom stereocenters. The number of carboxylic acid groups (broad SMARTS) is 1. The Morgan fingerprint density at radius 3 is 2.27 bits per heavy atom. The zero-order chi connectivity index (χ0) is 20.6. The van der Waals surface area contributed by atoms with Gasteiger partial charge in [0.25, 0.3) is 0 Å². The molecule has 0 heterocycles. The van der Waals surface area contributed by atoms with Gasteiger partial charge in [0.15, 0.2) is 11.5 Å². The van der Waals surface area contributed by atoms with E-state index in [4.69, 9.17) is 14.6 Å². The normalized spacial score (nSPS) is 10.2. The minimum atomic E-state index is -0.920. The molecule has 5 nitrogen and oxygen atoms in total. The zero-order valence-electron chi connectivity index (χ0n) is 16.4. The van der Waals surface area contributed by atoms with Crippen LogP contribution in [0.2, 0.25) is 0 Å². The highest BCUT2D eigenvalue weighted by Crippen LogP contribution is 2.37. The van der Waals surface area contributed by atoms with Crippen molar-refractivity contribution >= 4 is 34.3 Å². The third-order valence-electron chi connectivity index (χ3n) is 4.37. The molecule has 7 heteroatoms. The molecule has 0 aliphatic heterocycles. The fraction of sp³-hybridized carbons (Fsp3) is 0.174. The molecule has 0 atom stereocenters. The smallest absolute Gasteiger partial charge is 0.335 e. The lowest BCUT2D eigenvalue weighted by molar-refractivity contribution is 0.0697. The van der Waals surface area contributed by atoms with E-state index in [0.29, 0.717) is 31.2 Å². The summed E-state index contributed by atoms with van der Waals surface area (Å²) in [5.74, 6) is 0.415. The minimum absolute atomic E-state index is 0. The van der Waals surface area contributed by atoms with Gasteiger partial charge in [-0.25, -0.2) is 4.79 Å². The van der Waals surface area contributed by atoms with Crippen molar-refractivity contribution in [3.8, 4) is 11.5 Å². The molecule has 158 valence electrons. The van der Waals surface area contributed by atoms with E-state index >= 15 is 0 Å². The summed E-state index contributed by atoms with van der Waals surface area (Å²) in [4.78, 5) is 10.9. The summed E-state index contributed by atoms with van der Waals surface area (Å²) in [6.45, 7) is 1.72. The van der Waals surface area contributed by atoms with Crippen LogP contribution >= 0.6 is 28.3 Å². The Labute approximate surface area is 190 Å². The van der Waals surface area contributed by atoms with Crippen LogP contribution in [0.4, 0.5) is 0 Å². The summed E-state index contributed by atoms with van der Waals surface area (Å²) in [5.41, 5.74) is 3.43. The maximum Gasteiger partial charge on any atom is 0.335 e. The van der Waals surface area contributed by atoms with Crippen LogP contribution in [-0.2, 0) is 19.7 Å². The molecule has 0 fully saturated rings. The first kappa shape index (κ1) is 23.7. The monoisotopic (exact) mass is 491 g/mol. The topological polar surface area (TPSA) is 67.8 Å². The lowest BCUT2D eigenvalue weighted by Crippen LogP contribution is -2.13. The summed E-state index contributed by atoms with van der Waals surface area (Å²) in [7, 11) is 1.62. The van der Waals surface area contributed by atoms with Gasteiger partial charge in [-0.2, -0.15) is 0 Å². The molecule has 3 aromatic carbocycles. The Balaban J connectivity index is 0.00000320. The van der Waals surface area contributed by atoms with Crippen molar-refractivity contribution in [1.82, 2.24) is 5.32 Å². The summed E-state index contributed by atoms with van der Waals surface area (Å²) >= 11 is 3.58. The Kier molecular flexibility index (Phi) is 9.17. The van der Waals surface area contributed by atoms with Gasteiger partial charge in [0.1, 0.15) is 6.61 Å². The van der Waals surface area contributed by atoms with Crippen LogP contribution in [0.3, 0.4) is 0 Å². The van der Waals surface area contributed by atoms with Crippen LogP contribution in [0.15, 0.2) is 71.2 Å². The minimum Gasteiger partial charge on any atom is -0.493 e. The van der Waals surface area contributed by atoms with E-state index in [2.05, 4.69) is 21.2 Å². The number of aromatic carboxylic acids is 1. The number of benzene rings is 3. The Bertz CT molecular complexity index is 965. The molecule has 3 aromatic rings. The van der Waals surface area contributed by atoms with Crippen molar-refractivity contribution in [3.63, 3.8) is 0 Å². The first-order valence-corrected chi connectivity index (χ1v) is 9.92. The van der Waals surface area contributed by atoms with Gasteiger partial charge in [-0.05, 0) is 56.9 Å². The van der Waals surface area contributed by atoms with Crippen LogP contribution in [-0.4, -0.2) is 18.2 Å². The zero-order valence-corrected chi connectivity index (χ0v) is 18.8. The third-order valence-corrected chi connectivity index (χ3v) is 4.96. The Morgan fingerprint density at radius 1 is 0.967 bits per heavy atom. The molecule has 0 radical (unpaired) electrons. The number of nitrogens with one attached hydrogen (secondary N) is 1. The number of carboxylic acids is 1. The Hall–Kier alpha value is -2.54. The van der Waals surface area contributed by atoms with Crippen LogP contribution in [0.1, 0.15) is 27.0 Å². The second kappa shape index (κ2) is 11.6. The van der Waals surface area contributed by atoms with Crippen LogP contribution in [0.25, 0.3) is 0 Å². The number of hydrogen-bond donors (Lipinski definition) is 2. The predicted molar refractivity (Wildman–Crippen MR) is 123 cm³/mol. The fourth-order valence-electron chi connectivity index (χ4n) is 2.86. The molecule has 0 saturated heterocycles. The summed E-state index contributed by atoms with van der Waals surface area (Å²) in [5, 5.41) is 12.3. The van der Waals surface area contributed by atoms with Crippen molar-refractivity contribution in [2.24, 2.45) is 0 Å². The highest BCUT2D eigenvalue weighted by Gasteiger charge is 2.12. The highest BCUT2D eigenvalue weighted by atomic mass is 79.9. The van der Waals surface area contributed by atoms with Gasteiger partial charge in [0.05, 0.1) is 17.1 Å². The van der Waals surface area contributed by atoms with E-state index < -0.39 is 5.97 Å². The van der Waals surface area contributed by atoms with E-state index in [9.17, 15) is 4.79 Å². The lowest BCUT2D eigenvalue weighted by Gasteiger charge is -2.15. The van der Waals surface area contributed by atoms with Gasteiger partial charge in [0.2, 0.25) is 0 Å². The molecule has 0 spiro atoms. The maximum absolute atomic E-state index is 10.9. The van der Waals surface area contributed by atoms with Gasteiger partial charge in [-0.1, -0.05) is 42.5 Å². The number of rotatable bonds is 9. The number of carbonyl (C=O) groups is 1. The molecule has 2 N–H and O–H groups in total. The molecule has 0 aliphatic carbocycles. The van der Waals surface area contributed by atoms with Crippen molar-refractivity contribution in [2.75, 3.05) is 7.11 Å². The first-order valence-electron chi connectivity index (χ1n) is 9.13. The van der Waals surface area contributed by atoms with E-state index in [-0.39, 0.29) is 18.0 Å². The summed E-state index contributed by atoms with van der Waals surface area (Å²) in [6, 6.07) is 20.8. The van der Waals surface area contributed by atoms with Crippen LogP contribution in [0, 0.1) is 0 Å². The third kappa shape index (κ3) is 6.49. The Morgan fingerprint density at radius 2 is 1.63 bits per heavy atom. The number of halogens is 2. The standard InChI is InChI=1S/C23H22BrNO4.ClH/c1-28-21-12-18(14-25-13-16-7-9-19(10-8-16)23(26)27)11-20(24)22(21)29-15-17-5-3-2-4-6-17;/h2-12,25H,13-15H2,1H3,(H,26,27);1H. The number of hydrogen-bond acceptors (Lipinski definition) is 4. The maximum atomic E-state index is 10.9. The van der Waals surface area contributed by atoms with E-state index in [1.165, 1.54) is 0 Å². The molecule has 3 rings (SSSR count). The van der Waals surface area contributed by atoms with E-state index in [0.717, 1.165) is 21.2 Å². The quantitative estimate of drug-likeness (QED) is 0.416. The van der Waals surface area contributed by atoms with Crippen LogP contribution in [0.5, 0.6) is 11.5 Å². The number of methoxy groups -OCH3 is 1. The van der Waals surface area contributed by atoms with E-state index in [1.807, 2.05) is 54.6 Å². The second-order valence-electron chi connectivity index (χ2n) is 6.49. The molecule has 0 bridgehead atoms. The van der Waals surface area contributed by atoms with Crippen molar-refractivity contribution in [3.05, 3.63) is 93.5 Å². The van der Waals surface area contributed by atoms with Gasteiger partial charge >= 0.3 is 5.97 Å². The largest absolute Gasteiger partial charge is 0.493 e. The molecule has 30 heavy (non-hydrogen) atoms. The number of ether oxygens (including phenoxy) is 2. The summed E-state index contributed by atoms with van der Waals surface area (Å²) in [6.07, 6.45) is 0. The average Bonchev–Trinajstić information content (AvgIpc) is 2.73. The molecule has 0 saturated carbocycles. The lowest BCUT2D eigenvalue weighted by atomic mass is 10.1. The molecular weight excluding hydrogens is 470 g/mol. The highest BCUT2D eigenvalue weighted by molar-refractivity contribution is 9.10. The average molecular weight is 493 g/mol. The second-order valence-corrected chi connectivity index (χ2v) is 7.34. The molecular formula is C23H23BrClNO4. The van der Waals surface area contributed by atoms with Crippen molar-refractivity contribution in [1.29, 1.82) is 0 Å². The van der Waals surface area contributed by atoms with Gasteiger partial charge < -0.3 is 19.9 Å².